The van der Waals surface area contributed by atoms with Gasteiger partial charge in [-0.1, -0.05) is 31.9 Å². The van der Waals surface area contributed by atoms with Crippen molar-refractivity contribution in [3.8, 4) is 5.75 Å². The maximum absolute atomic E-state index is 13.2. The fraction of sp³-hybridized carbons (Fsp3) is 0.583. The van der Waals surface area contributed by atoms with E-state index in [4.69, 9.17) is 9.84 Å². The molecule has 1 saturated carbocycles. The summed E-state index contributed by atoms with van der Waals surface area (Å²) < 4.78 is 7.06. The second-order valence-corrected chi connectivity index (χ2v) is 9.60. The molecule has 0 heterocycles. The van der Waals surface area contributed by atoms with Gasteiger partial charge in [-0.15, -0.1) is 0 Å². The molecule has 0 bridgehead atoms. The molecule has 1 aromatic carbocycles. The lowest BCUT2D eigenvalue weighted by molar-refractivity contribution is -0.142. The van der Waals surface area contributed by atoms with E-state index in [0.29, 0.717) is 17.7 Å². The first-order chi connectivity index (χ1) is 15.5. The van der Waals surface area contributed by atoms with E-state index in [0.717, 1.165) is 35.7 Å². The summed E-state index contributed by atoms with van der Waals surface area (Å²) in [5.41, 5.74) is 0.469. The molecule has 2 aliphatic rings. The molecule has 0 aromatic heterocycles. The molecular formula is C24H33IN2O5. The minimum atomic E-state index is -0.957. The molecule has 32 heavy (non-hydrogen) atoms. The molecular weight excluding hydrogens is 523 g/mol. The number of ether oxygens (including phenoxy) is 1. The van der Waals surface area contributed by atoms with Crippen LogP contribution in [-0.4, -0.2) is 64.4 Å². The lowest BCUT2D eigenvalue weighted by Gasteiger charge is -2.43. The van der Waals surface area contributed by atoms with Gasteiger partial charge in [-0.3, -0.25) is 9.59 Å². The molecule has 0 spiro atoms. The van der Waals surface area contributed by atoms with Gasteiger partial charge in [0.15, 0.2) is 0 Å². The quantitative estimate of drug-likeness (QED) is 0.407. The third kappa shape index (κ3) is 6.02. The number of aliphatic hydroxyl groups is 2. The summed E-state index contributed by atoms with van der Waals surface area (Å²) in [7, 11) is 0. The fourth-order valence-corrected chi connectivity index (χ4v) is 5.13. The number of hydrogen-bond acceptors (Lipinski definition) is 5. The Labute approximate surface area is 203 Å². The molecule has 3 atom stereocenters. The summed E-state index contributed by atoms with van der Waals surface area (Å²) in [4.78, 5) is 27.8. The van der Waals surface area contributed by atoms with Crippen molar-refractivity contribution >= 4 is 34.4 Å². The average Bonchev–Trinajstić information content (AvgIpc) is 3.30. The van der Waals surface area contributed by atoms with Crippen molar-refractivity contribution in [3.05, 3.63) is 39.5 Å². The molecule has 8 heteroatoms. The number of para-hydroxylation sites is 1. The first-order valence-electron chi connectivity index (χ1n) is 11.5. The molecule has 7 nitrogen and oxygen atoms in total. The molecule has 2 aliphatic carbocycles. The lowest BCUT2D eigenvalue weighted by Crippen LogP contribution is -2.57. The highest BCUT2D eigenvalue weighted by atomic mass is 127. The number of nitrogens with zero attached hydrogens (tertiary/aromatic N) is 1. The Bertz CT molecular complexity index is 824. The van der Waals surface area contributed by atoms with Gasteiger partial charge in [0.25, 0.3) is 0 Å². The lowest BCUT2D eigenvalue weighted by atomic mass is 9.87. The van der Waals surface area contributed by atoms with Crippen LogP contribution in [0.15, 0.2) is 35.9 Å². The van der Waals surface area contributed by atoms with E-state index in [9.17, 15) is 14.7 Å². The second kappa shape index (κ2) is 12.0. The summed E-state index contributed by atoms with van der Waals surface area (Å²) in [6.07, 6.45) is 5.29. The van der Waals surface area contributed by atoms with Crippen molar-refractivity contribution in [1.82, 2.24) is 10.2 Å². The van der Waals surface area contributed by atoms with Crippen LogP contribution in [0.5, 0.6) is 5.75 Å². The third-order valence-corrected chi connectivity index (χ3v) is 7.03. The molecule has 176 valence electrons. The highest BCUT2D eigenvalue weighted by molar-refractivity contribution is 14.1. The molecule has 3 rings (SSSR count). The number of carbonyl (C=O) groups is 2. The largest absolute Gasteiger partial charge is 0.482 e. The molecule has 0 unspecified atom stereocenters. The van der Waals surface area contributed by atoms with Gasteiger partial charge < -0.3 is 25.2 Å². The van der Waals surface area contributed by atoms with Gasteiger partial charge >= 0.3 is 0 Å². The van der Waals surface area contributed by atoms with Crippen molar-refractivity contribution < 1.29 is 24.5 Å². The van der Waals surface area contributed by atoms with Crippen LogP contribution in [0, 0.1) is 3.57 Å². The van der Waals surface area contributed by atoms with Crippen LogP contribution in [0.25, 0.3) is 0 Å². The summed E-state index contributed by atoms with van der Waals surface area (Å²) in [6, 6.07) is 7.04. The van der Waals surface area contributed by atoms with Crippen LogP contribution in [0.1, 0.15) is 51.9 Å². The van der Waals surface area contributed by atoms with E-state index in [2.05, 4.69) is 27.9 Å². The van der Waals surface area contributed by atoms with Crippen molar-refractivity contribution in [2.75, 3.05) is 13.2 Å². The molecule has 3 N–H and O–H groups in total. The maximum Gasteiger partial charge on any atom is 0.247 e. The van der Waals surface area contributed by atoms with E-state index in [-0.39, 0.29) is 37.4 Å². The van der Waals surface area contributed by atoms with Gasteiger partial charge in [0.05, 0.1) is 16.2 Å². The number of rotatable bonds is 9. The van der Waals surface area contributed by atoms with Gasteiger partial charge in [0.1, 0.15) is 18.0 Å². The van der Waals surface area contributed by atoms with Gasteiger partial charge in [-0.25, -0.2) is 0 Å². The van der Waals surface area contributed by atoms with E-state index in [1.54, 1.807) is 6.08 Å². The summed E-state index contributed by atoms with van der Waals surface area (Å²) in [5, 5.41) is 23.2. The molecule has 0 radical (unpaired) electrons. The smallest absolute Gasteiger partial charge is 0.247 e. The van der Waals surface area contributed by atoms with E-state index >= 15 is 0 Å². The molecule has 0 saturated heterocycles. The van der Waals surface area contributed by atoms with Crippen molar-refractivity contribution in [2.24, 2.45) is 0 Å². The zero-order chi connectivity index (χ0) is 23.1. The molecule has 0 aliphatic heterocycles. The molecule has 1 fully saturated rings. The van der Waals surface area contributed by atoms with E-state index in [1.165, 1.54) is 0 Å². The highest BCUT2D eigenvalue weighted by Crippen LogP contribution is 2.34. The first-order valence-corrected chi connectivity index (χ1v) is 12.5. The maximum atomic E-state index is 13.2. The predicted molar refractivity (Wildman–Crippen MR) is 130 cm³/mol. The SMILES string of the molecule is CCCC(=O)N(C1CCCC1)[C@@H]1CC(C(=O)NCCO)=C[C@H](Oc2ccccc2I)[C@H]1O. The van der Waals surface area contributed by atoms with E-state index < -0.39 is 18.2 Å². The monoisotopic (exact) mass is 556 g/mol. The average molecular weight is 556 g/mol. The predicted octanol–water partition coefficient (Wildman–Crippen LogP) is 2.78. The summed E-state index contributed by atoms with van der Waals surface area (Å²) in [6.45, 7) is 1.96. The zero-order valence-corrected chi connectivity index (χ0v) is 20.7. The topological polar surface area (TPSA) is 99.1 Å². The van der Waals surface area contributed by atoms with Gasteiger partial charge in [-0.2, -0.15) is 0 Å². The number of halogens is 1. The summed E-state index contributed by atoms with van der Waals surface area (Å²) in [5.74, 6) is 0.339. The minimum Gasteiger partial charge on any atom is -0.482 e. The fourth-order valence-electron chi connectivity index (χ4n) is 4.62. The zero-order valence-electron chi connectivity index (χ0n) is 18.5. The Balaban J connectivity index is 1.93. The van der Waals surface area contributed by atoms with Crippen molar-refractivity contribution in [2.45, 2.75) is 76.2 Å². The van der Waals surface area contributed by atoms with Gasteiger partial charge in [0.2, 0.25) is 11.8 Å². The van der Waals surface area contributed by atoms with Gasteiger partial charge in [-0.05, 0) is 60.1 Å². The first kappa shape index (κ1) is 25.0. The number of benzene rings is 1. The van der Waals surface area contributed by atoms with Crippen LogP contribution in [0.4, 0.5) is 0 Å². The third-order valence-electron chi connectivity index (χ3n) is 6.14. The number of nitrogens with one attached hydrogen (secondary N) is 1. The normalized spacial score (nSPS) is 23.5. The Morgan fingerprint density at radius 1 is 1.25 bits per heavy atom. The minimum absolute atomic E-state index is 0.0218. The Hall–Kier alpha value is -1.65. The molecule has 2 amide bonds. The van der Waals surface area contributed by atoms with Crippen LogP contribution in [0.3, 0.4) is 0 Å². The Morgan fingerprint density at radius 2 is 1.97 bits per heavy atom. The highest BCUT2D eigenvalue weighted by Gasteiger charge is 2.43. The van der Waals surface area contributed by atoms with Crippen molar-refractivity contribution in [3.63, 3.8) is 0 Å². The van der Waals surface area contributed by atoms with Crippen LogP contribution >= 0.6 is 22.6 Å². The Kier molecular flexibility index (Phi) is 9.36. The van der Waals surface area contributed by atoms with Crippen LogP contribution in [-0.2, 0) is 9.59 Å². The molecule has 1 aromatic rings. The Morgan fingerprint density at radius 3 is 2.62 bits per heavy atom. The second-order valence-electron chi connectivity index (χ2n) is 8.44. The van der Waals surface area contributed by atoms with E-state index in [1.807, 2.05) is 36.1 Å². The summed E-state index contributed by atoms with van der Waals surface area (Å²) >= 11 is 2.17. The number of amides is 2. The number of aliphatic hydroxyl groups excluding tert-OH is 2. The standard InChI is InChI=1S/C24H33IN2O5/c1-2-7-22(29)27(17-8-3-4-9-17)19-14-16(24(31)26-12-13-28)15-21(23(19)30)32-20-11-6-5-10-18(20)25/h5-6,10-11,15,17,19,21,23,28,30H,2-4,7-9,12-14H2,1H3,(H,26,31)/t19-,21+,23+/m1/s1. The van der Waals surface area contributed by atoms with Crippen LogP contribution in [0.2, 0.25) is 0 Å². The number of carbonyl (C=O) groups excluding carboxylic acids is 2. The van der Waals surface area contributed by atoms with Crippen molar-refractivity contribution in [1.29, 1.82) is 0 Å². The number of hydrogen-bond donors (Lipinski definition) is 3. The van der Waals surface area contributed by atoms with Gasteiger partial charge in [0, 0.05) is 31.0 Å². The van der Waals surface area contributed by atoms with Crippen LogP contribution < -0.4 is 10.1 Å².